The van der Waals surface area contributed by atoms with Crippen molar-refractivity contribution in [1.82, 2.24) is 10.6 Å². The molecule has 0 saturated heterocycles. The maximum atomic E-state index is 13.1. The third kappa shape index (κ3) is 3.98. The molecule has 0 bridgehead atoms. The van der Waals surface area contributed by atoms with E-state index in [1.165, 1.54) is 31.2 Å². The van der Waals surface area contributed by atoms with Gasteiger partial charge in [-0.15, -0.1) is 0 Å². The first-order chi connectivity index (χ1) is 12.7. The molecule has 2 amide bonds. The number of rotatable bonds is 3. The highest BCUT2D eigenvalue weighted by Gasteiger charge is 2.34. The van der Waals surface area contributed by atoms with Crippen molar-refractivity contribution in [3.05, 3.63) is 81.5 Å². The van der Waals surface area contributed by atoms with E-state index in [4.69, 9.17) is 11.6 Å². The van der Waals surface area contributed by atoms with Crippen LogP contribution in [-0.2, 0) is 6.18 Å². The Labute approximate surface area is 158 Å². The minimum Gasteiger partial charge on any atom is -0.327 e. The minimum absolute atomic E-state index is 0.163. The maximum absolute atomic E-state index is 13.1. The summed E-state index contributed by atoms with van der Waals surface area (Å²) in [6.45, 7) is 1.53. The molecule has 27 heavy (non-hydrogen) atoms. The summed E-state index contributed by atoms with van der Waals surface area (Å²) in [6, 6.07) is 9.06. The van der Waals surface area contributed by atoms with Crippen LogP contribution in [0.25, 0.3) is 0 Å². The van der Waals surface area contributed by atoms with Crippen molar-refractivity contribution in [3.8, 4) is 0 Å². The number of hydrogen-bond acceptors (Lipinski definition) is 2. The second-order valence-corrected chi connectivity index (χ2v) is 6.47. The summed E-state index contributed by atoms with van der Waals surface area (Å²) >= 11 is 5.84. The summed E-state index contributed by atoms with van der Waals surface area (Å²) < 4.78 is 39.2. The van der Waals surface area contributed by atoms with Crippen molar-refractivity contribution >= 4 is 23.4 Å². The number of alkyl halides is 3. The average Bonchev–Trinajstić information content (AvgIpc) is 2.60. The summed E-state index contributed by atoms with van der Waals surface area (Å²) in [4.78, 5) is 24.9. The lowest BCUT2D eigenvalue weighted by Crippen LogP contribution is -2.45. The Hall–Kier alpha value is -2.80. The number of Topliss-reactive ketones (excluding diaryl/α,β-unsaturated/α-hetero) is 1. The van der Waals surface area contributed by atoms with Crippen LogP contribution in [0, 0.1) is 0 Å². The largest absolute Gasteiger partial charge is 0.416 e. The fraction of sp³-hybridized carbons (Fsp3) is 0.158. The van der Waals surface area contributed by atoms with E-state index in [2.05, 4.69) is 10.6 Å². The fourth-order valence-corrected chi connectivity index (χ4v) is 3.02. The van der Waals surface area contributed by atoms with Gasteiger partial charge in [0.2, 0.25) is 0 Å². The van der Waals surface area contributed by atoms with Gasteiger partial charge in [-0.2, -0.15) is 13.2 Å². The van der Waals surface area contributed by atoms with Crippen LogP contribution in [0.5, 0.6) is 0 Å². The molecule has 3 rings (SSSR count). The Morgan fingerprint density at radius 2 is 1.78 bits per heavy atom. The number of carbonyl (C=O) groups is 2. The molecule has 1 atom stereocenters. The summed E-state index contributed by atoms with van der Waals surface area (Å²) in [5, 5.41) is 5.47. The molecule has 0 aromatic heterocycles. The molecule has 1 aliphatic rings. The number of benzene rings is 2. The van der Waals surface area contributed by atoms with Gasteiger partial charge in [-0.3, -0.25) is 4.79 Å². The van der Waals surface area contributed by atoms with Gasteiger partial charge in [0.05, 0.1) is 11.6 Å². The number of hydrogen-bond donors (Lipinski definition) is 2. The van der Waals surface area contributed by atoms with E-state index in [1.807, 2.05) is 0 Å². The van der Waals surface area contributed by atoms with Crippen molar-refractivity contribution in [3.63, 3.8) is 0 Å². The number of allylic oxidation sites excluding steroid dienone is 1. The number of carbonyl (C=O) groups excluding carboxylic acids is 2. The molecule has 2 aromatic rings. The molecule has 1 heterocycles. The standard InChI is InChI=1S/C19H14ClF3N2O2/c1-10-15(17(26)11-5-7-14(20)8-6-11)16(25-18(27)24-10)12-3-2-4-13(9-12)19(21,22)23/h2-9,16H,1H3,(H2,24,25,27)/t16-/m1/s1. The van der Waals surface area contributed by atoms with Gasteiger partial charge in [-0.1, -0.05) is 23.7 Å². The Balaban J connectivity index is 2.07. The zero-order valence-electron chi connectivity index (χ0n) is 14.0. The summed E-state index contributed by atoms with van der Waals surface area (Å²) in [5.74, 6) is -0.418. The van der Waals surface area contributed by atoms with E-state index in [0.29, 0.717) is 10.6 Å². The highest BCUT2D eigenvalue weighted by atomic mass is 35.5. The molecule has 0 aliphatic carbocycles. The van der Waals surface area contributed by atoms with Gasteiger partial charge in [-0.05, 0) is 48.9 Å². The number of ketones is 1. The SMILES string of the molecule is CC1=C(C(=O)c2ccc(Cl)cc2)[C@@H](c2cccc(C(F)(F)F)c2)NC(=O)N1. The van der Waals surface area contributed by atoms with E-state index < -0.39 is 29.6 Å². The zero-order valence-corrected chi connectivity index (χ0v) is 14.8. The first-order valence-electron chi connectivity index (χ1n) is 7.92. The highest BCUT2D eigenvalue weighted by molar-refractivity contribution is 6.30. The Bertz CT molecular complexity index is 937. The van der Waals surface area contributed by atoms with Gasteiger partial charge in [-0.25, -0.2) is 4.79 Å². The molecular weight excluding hydrogens is 381 g/mol. The second-order valence-electron chi connectivity index (χ2n) is 6.03. The van der Waals surface area contributed by atoms with Crippen LogP contribution in [0.4, 0.5) is 18.0 Å². The van der Waals surface area contributed by atoms with Gasteiger partial charge in [0, 0.05) is 21.9 Å². The van der Waals surface area contributed by atoms with Crippen LogP contribution < -0.4 is 10.6 Å². The quantitative estimate of drug-likeness (QED) is 0.730. The van der Waals surface area contributed by atoms with Gasteiger partial charge in [0.15, 0.2) is 5.78 Å². The topological polar surface area (TPSA) is 58.2 Å². The van der Waals surface area contributed by atoms with Crippen molar-refractivity contribution in [2.45, 2.75) is 19.1 Å². The lowest BCUT2D eigenvalue weighted by molar-refractivity contribution is -0.137. The number of nitrogens with one attached hydrogen (secondary N) is 2. The molecule has 0 radical (unpaired) electrons. The zero-order chi connectivity index (χ0) is 19.8. The second kappa shape index (κ2) is 7.08. The molecular formula is C19H14ClF3N2O2. The molecule has 0 unspecified atom stereocenters. The number of amides is 2. The molecule has 0 saturated carbocycles. The lowest BCUT2D eigenvalue weighted by Gasteiger charge is -2.29. The van der Waals surface area contributed by atoms with Crippen LogP contribution in [0.1, 0.15) is 34.5 Å². The highest BCUT2D eigenvalue weighted by Crippen LogP contribution is 2.34. The van der Waals surface area contributed by atoms with Crippen LogP contribution >= 0.6 is 11.6 Å². The third-order valence-corrected chi connectivity index (χ3v) is 4.42. The summed E-state index contributed by atoms with van der Waals surface area (Å²) in [5.41, 5.74) is 0.0566. The van der Waals surface area contributed by atoms with E-state index in [-0.39, 0.29) is 16.8 Å². The van der Waals surface area contributed by atoms with E-state index >= 15 is 0 Å². The van der Waals surface area contributed by atoms with Crippen LogP contribution in [-0.4, -0.2) is 11.8 Å². The molecule has 2 N–H and O–H groups in total. The van der Waals surface area contributed by atoms with E-state index in [9.17, 15) is 22.8 Å². The van der Waals surface area contributed by atoms with Gasteiger partial charge in [0.25, 0.3) is 0 Å². The van der Waals surface area contributed by atoms with Crippen molar-refractivity contribution in [2.24, 2.45) is 0 Å². The van der Waals surface area contributed by atoms with Gasteiger partial charge < -0.3 is 10.6 Å². The van der Waals surface area contributed by atoms with Crippen molar-refractivity contribution in [1.29, 1.82) is 0 Å². The molecule has 1 aliphatic heterocycles. The normalized spacial score (nSPS) is 17.4. The predicted molar refractivity (Wildman–Crippen MR) is 94.3 cm³/mol. The molecule has 140 valence electrons. The fourth-order valence-electron chi connectivity index (χ4n) is 2.90. The van der Waals surface area contributed by atoms with Crippen molar-refractivity contribution < 1.29 is 22.8 Å². The van der Waals surface area contributed by atoms with E-state index in [0.717, 1.165) is 12.1 Å². The minimum atomic E-state index is -4.54. The number of urea groups is 1. The maximum Gasteiger partial charge on any atom is 0.416 e. The molecule has 2 aromatic carbocycles. The summed E-state index contributed by atoms with van der Waals surface area (Å²) in [7, 11) is 0. The molecule has 0 spiro atoms. The average molecular weight is 395 g/mol. The van der Waals surface area contributed by atoms with Crippen LogP contribution in [0.3, 0.4) is 0 Å². The molecule has 0 fully saturated rings. The number of halogens is 4. The van der Waals surface area contributed by atoms with Crippen LogP contribution in [0.15, 0.2) is 59.8 Å². The third-order valence-electron chi connectivity index (χ3n) is 4.17. The Kier molecular flexibility index (Phi) is 4.97. The summed E-state index contributed by atoms with van der Waals surface area (Å²) in [6.07, 6.45) is -4.54. The van der Waals surface area contributed by atoms with Gasteiger partial charge in [0.1, 0.15) is 0 Å². The molecule has 8 heteroatoms. The first-order valence-corrected chi connectivity index (χ1v) is 8.30. The predicted octanol–water partition coefficient (Wildman–Crippen LogP) is 4.87. The van der Waals surface area contributed by atoms with Crippen molar-refractivity contribution in [2.75, 3.05) is 0 Å². The van der Waals surface area contributed by atoms with Gasteiger partial charge >= 0.3 is 12.2 Å². The monoisotopic (exact) mass is 394 g/mol. The lowest BCUT2D eigenvalue weighted by atomic mass is 9.89. The van der Waals surface area contributed by atoms with E-state index in [1.54, 1.807) is 12.1 Å². The smallest absolute Gasteiger partial charge is 0.327 e. The Morgan fingerprint density at radius 3 is 2.41 bits per heavy atom. The molecule has 4 nitrogen and oxygen atoms in total. The Morgan fingerprint density at radius 1 is 1.11 bits per heavy atom. The van der Waals surface area contributed by atoms with Crippen LogP contribution in [0.2, 0.25) is 5.02 Å². The first kappa shape index (κ1) is 19.0.